The van der Waals surface area contributed by atoms with Crippen molar-refractivity contribution < 1.29 is 22.7 Å². The van der Waals surface area contributed by atoms with E-state index in [1.54, 1.807) is 62.5 Å². The van der Waals surface area contributed by atoms with Crippen LogP contribution in [-0.2, 0) is 19.6 Å². The van der Waals surface area contributed by atoms with Crippen molar-refractivity contribution in [3.63, 3.8) is 0 Å². The first-order valence-electron chi connectivity index (χ1n) is 12.1. The van der Waals surface area contributed by atoms with Crippen LogP contribution in [0.3, 0.4) is 0 Å². The van der Waals surface area contributed by atoms with Gasteiger partial charge in [-0.1, -0.05) is 41.4 Å². The Morgan fingerprint density at radius 2 is 1.78 bits per heavy atom. The number of nitrogens with zero attached hydrogens (tertiary/aromatic N) is 3. The molecule has 4 rings (SSSR count). The number of nitrogens with one attached hydrogen (secondary N) is 1. The maximum absolute atomic E-state index is 13.1. The number of esters is 1. The Morgan fingerprint density at radius 1 is 1.11 bits per heavy atom. The van der Waals surface area contributed by atoms with E-state index in [4.69, 9.17) is 16.3 Å². The number of sulfonamides is 1. The molecule has 1 atom stereocenters. The fourth-order valence-electron chi connectivity index (χ4n) is 4.53. The van der Waals surface area contributed by atoms with Gasteiger partial charge < -0.3 is 10.1 Å². The largest absolute Gasteiger partial charge is 0.463 e. The van der Waals surface area contributed by atoms with E-state index in [-0.39, 0.29) is 24.1 Å². The number of carbonyl (C=O) groups excluding carboxylic acids is 2. The van der Waals surface area contributed by atoms with Crippen LogP contribution >= 0.6 is 11.6 Å². The van der Waals surface area contributed by atoms with Crippen LogP contribution in [0.4, 0.5) is 4.79 Å². The van der Waals surface area contributed by atoms with E-state index in [2.05, 4.69) is 5.32 Å². The van der Waals surface area contributed by atoms with Crippen LogP contribution in [0.25, 0.3) is 0 Å². The van der Waals surface area contributed by atoms with Crippen LogP contribution in [0, 0.1) is 6.92 Å². The second-order valence-electron chi connectivity index (χ2n) is 9.07. The summed E-state index contributed by atoms with van der Waals surface area (Å²) >= 11 is 6.19. The summed E-state index contributed by atoms with van der Waals surface area (Å²) in [5.74, 6) is -0.519. The third-order valence-electron chi connectivity index (χ3n) is 6.62. The van der Waals surface area contributed by atoms with Crippen LogP contribution in [0.5, 0.6) is 0 Å². The molecule has 0 aromatic heterocycles. The number of rotatable bonds is 7. The Balaban J connectivity index is 1.59. The number of carbonyl (C=O) groups is 2. The monoisotopic (exact) mass is 546 g/mol. The summed E-state index contributed by atoms with van der Waals surface area (Å²) in [6.07, 6.45) is 0. The van der Waals surface area contributed by atoms with Gasteiger partial charge in [-0.25, -0.2) is 18.0 Å². The minimum absolute atomic E-state index is 0.186. The molecule has 0 aliphatic carbocycles. The molecule has 0 bridgehead atoms. The normalized spacial score (nSPS) is 19.6. The zero-order valence-corrected chi connectivity index (χ0v) is 22.7. The number of ether oxygens (including phenoxy) is 1. The zero-order chi connectivity index (χ0) is 26.7. The summed E-state index contributed by atoms with van der Waals surface area (Å²) in [6, 6.07) is 12.7. The topological polar surface area (TPSA) is 99.3 Å². The summed E-state index contributed by atoms with van der Waals surface area (Å²) in [6.45, 7) is 5.60. The molecule has 2 aliphatic rings. The van der Waals surface area contributed by atoms with Crippen molar-refractivity contribution in [2.45, 2.75) is 24.8 Å². The molecule has 37 heavy (non-hydrogen) atoms. The predicted octanol–water partition coefficient (Wildman–Crippen LogP) is 3.17. The minimum Gasteiger partial charge on any atom is -0.463 e. The van der Waals surface area contributed by atoms with Crippen molar-refractivity contribution in [3.8, 4) is 0 Å². The highest BCUT2D eigenvalue weighted by molar-refractivity contribution is 7.89. The smallest absolute Gasteiger partial charge is 0.338 e. The Bertz CT molecular complexity index is 1300. The van der Waals surface area contributed by atoms with Crippen molar-refractivity contribution >= 4 is 33.6 Å². The zero-order valence-electron chi connectivity index (χ0n) is 21.1. The van der Waals surface area contributed by atoms with E-state index in [1.807, 2.05) is 11.8 Å². The van der Waals surface area contributed by atoms with Gasteiger partial charge in [0, 0.05) is 50.5 Å². The van der Waals surface area contributed by atoms with Crippen LogP contribution < -0.4 is 5.32 Å². The van der Waals surface area contributed by atoms with Gasteiger partial charge in [0.25, 0.3) is 0 Å². The number of aryl methyl sites for hydroxylation is 1. The highest BCUT2D eigenvalue weighted by atomic mass is 35.5. The summed E-state index contributed by atoms with van der Waals surface area (Å²) < 4.78 is 33.0. The molecule has 11 heteroatoms. The molecule has 9 nitrogen and oxygen atoms in total. The van der Waals surface area contributed by atoms with Gasteiger partial charge in [-0.15, -0.1) is 0 Å². The molecule has 2 amide bonds. The van der Waals surface area contributed by atoms with Crippen LogP contribution in [0.1, 0.15) is 24.1 Å². The van der Waals surface area contributed by atoms with Gasteiger partial charge in [0.2, 0.25) is 10.0 Å². The molecule has 2 aliphatic heterocycles. The Kier molecular flexibility index (Phi) is 8.23. The number of hydrogen-bond donors (Lipinski definition) is 1. The molecule has 0 saturated carbocycles. The lowest BCUT2D eigenvalue weighted by Crippen LogP contribution is -2.53. The first-order chi connectivity index (χ1) is 17.6. The van der Waals surface area contributed by atoms with Gasteiger partial charge in [0.15, 0.2) is 0 Å². The third-order valence-corrected chi connectivity index (χ3v) is 8.77. The van der Waals surface area contributed by atoms with E-state index in [1.165, 1.54) is 9.21 Å². The molecule has 2 aromatic rings. The predicted molar refractivity (Wildman–Crippen MR) is 141 cm³/mol. The number of hydrogen-bond acceptors (Lipinski definition) is 6. The van der Waals surface area contributed by atoms with Crippen LogP contribution in [0.2, 0.25) is 5.02 Å². The summed E-state index contributed by atoms with van der Waals surface area (Å²) in [5.41, 5.74) is 2.51. The van der Waals surface area contributed by atoms with Gasteiger partial charge in [0.05, 0.1) is 23.1 Å². The molecule has 0 spiro atoms. The quantitative estimate of drug-likeness (QED) is 0.536. The van der Waals surface area contributed by atoms with E-state index in [9.17, 15) is 18.0 Å². The first-order valence-corrected chi connectivity index (χ1v) is 13.9. The van der Waals surface area contributed by atoms with Crippen molar-refractivity contribution in [2.75, 3.05) is 46.4 Å². The van der Waals surface area contributed by atoms with Crippen molar-refractivity contribution in [3.05, 3.63) is 76.0 Å². The Hall–Kier alpha value is -2.92. The summed E-state index contributed by atoms with van der Waals surface area (Å²) in [7, 11) is -1.99. The van der Waals surface area contributed by atoms with Crippen LogP contribution in [-0.4, -0.2) is 80.9 Å². The number of halogens is 1. The number of piperazine rings is 1. The molecule has 2 heterocycles. The van der Waals surface area contributed by atoms with E-state index >= 15 is 0 Å². The fourth-order valence-corrected chi connectivity index (χ4v) is 6.15. The van der Waals surface area contributed by atoms with Crippen molar-refractivity contribution in [1.29, 1.82) is 0 Å². The molecule has 0 radical (unpaired) electrons. The maximum Gasteiger partial charge on any atom is 0.338 e. The fraction of sp³-hybridized carbons (Fsp3) is 0.385. The molecule has 1 unspecified atom stereocenters. The average molecular weight is 547 g/mol. The molecule has 198 valence electrons. The highest BCUT2D eigenvalue weighted by Crippen LogP contribution is 2.32. The first kappa shape index (κ1) is 27.1. The Labute approximate surface area is 222 Å². The summed E-state index contributed by atoms with van der Waals surface area (Å²) in [5, 5.41) is 3.37. The molecule has 2 aromatic carbocycles. The highest BCUT2D eigenvalue weighted by Gasteiger charge is 2.38. The SMILES string of the molecule is CCOC(=O)C1=C(CN2CCN(S(=O)(=O)c3ccc(C)cc3)CC2)N(C)C(=O)NC1c1cccc(Cl)c1. The van der Waals surface area contributed by atoms with Crippen molar-refractivity contribution in [1.82, 2.24) is 19.4 Å². The van der Waals surface area contributed by atoms with Gasteiger partial charge >= 0.3 is 12.0 Å². The van der Waals surface area contributed by atoms with Gasteiger partial charge in [0.1, 0.15) is 0 Å². The third kappa shape index (κ3) is 5.82. The Morgan fingerprint density at radius 3 is 2.41 bits per heavy atom. The second-order valence-corrected chi connectivity index (χ2v) is 11.4. The van der Waals surface area contributed by atoms with E-state index in [0.717, 1.165) is 5.56 Å². The van der Waals surface area contributed by atoms with Gasteiger partial charge in [-0.3, -0.25) is 9.80 Å². The average Bonchev–Trinajstić information content (AvgIpc) is 2.87. The molecule has 1 fully saturated rings. The van der Waals surface area contributed by atoms with E-state index < -0.39 is 22.0 Å². The maximum atomic E-state index is 13.1. The van der Waals surface area contributed by atoms with E-state index in [0.29, 0.717) is 48.0 Å². The van der Waals surface area contributed by atoms with Gasteiger partial charge in [-0.2, -0.15) is 4.31 Å². The lowest BCUT2D eigenvalue weighted by molar-refractivity contribution is -0.139. The minimum atomic E-state index is -3.60. The molecular weight excluding hydrogens is 516 g/mol. The van der Waals surface area contributed by atoms with Crippen molar-refractivity contribution in [2.24, 2.45) is 0 Å². The summed E-state index contributed by atoms with van der Waals surface area (Å²) in [4.78, 5) is 29.8. The lowest BCUT2D eigenvalue weighted by atomic mass is 9.94. The number of benzene rings is 2. The number of urea groups is 1. The number of likely N-dealkylation sites (N-methyl/N-ethyl adjacent to an activating group) is 1. The number of amides is 2. The second kappa shape index (κ2) is 11.2. The molecule has 1 N–H and O–H groups in total. The molecule has 1 saturated heterocycles. The van der Waals surface area contributed by atoms with Crippen LogP contribution in [0.15, 0.2) is 64.7 Å². The lowest BCUT2D eigenvalue weighted by Gasteiger charge is -2.39. The molecular formula is C26H31ClN4O5S. The standard InChI is InChI=1S/C26H31ClN4O5S/c1-4-36-25(32)23-22(29(3)26(33)28-24(23)19-6-5-7-20(27)16-19)17-30-12-14-31(15-13-30)37(34,35)21-10-8-18(2)9-11-21/h5-11,16,24H,4,12-15,17H2,1-3H3,(H,28,33). The van der Waals surface area contributed by atoms with Gasteiger partial charge in [-0.05, 0) is 43.7 Å².